The van der Waals surface area contributed by atoms with Crippen LogP contribution in [0.25, 0.3) is 0 Å². The molecule has 0 saturated carbocycles. The maximum Gasteiger partial charge on any atom is 0.472 e. The molecule has 0 aliphatic heterocycles. The monoisotopic (exact) mass is 1540 g/mol. The molecule has 3 unspecified atom stereocenters. The Labute approximate surface area is 645 Å². The molecule has 0 amide bonds. The summed E-state index contributed by atoms with van der Waals surface area (Å²) >= 11 is 0. The molecule has 19 heteroatoms. The molecule has 0 radical (unpaired) electrons. The minimum atomic E-state index is -4.96. The van der Waals surface area contributed by atoms with Gasteiger partial charge in [0.05, 0.1) is 26.4 Å². The third-order valence-electron chi connectivity index (χ3n) is 20.1. The SMILES string of the molecule is CC(C)CCCCCCCCCCCCCCCCCCCCC(=O)O[C@H](COC(=O)CCCCCCCCCCCCCC(C)C)COP(=O)(O)OCC(O)COP(=O)(O)OC[C@@H](COC(=O)CCCCCCCCC(C)C)OC(=O)CCCCCCCCCCCCCCCCCCCCC(C)C. The molecule has 0 aromatic rings. The third kappa shape index (κ3) is 79.9. The van der Waals surface area contributed by atoms with Crippen molar-refractivity contribution in [3.63, 3.8) is 0 Å². The Hall–Kier alpha value is -1.94. The Morgan fingerprint density at radius 2 is 0.400 bits per heavy atom. The topological polar surface area (TPSA) is 237 Å². The molecule has 0 saturated heterocycles. The predicted molar refractivity (Wildman–Crippen MR) is 432 cm³/mol. The molecule has 0 bridgehead atoms. The number of hydrogen-bond donors (Lipinski definition) is 3. The smallest absolute Gasteiger partial charge is 0.462 e. The van der Waals surface area contributed by atoms with E-state index in [-0.39, 0.29) is 25.7 Å². The highest BCUT2D eigenvalue weighted by molar-refractivity contribution is 7.47. The van der Waals surface area contributed by atoms with Crippen molar-refractivity contribution in [2.45, 2.75) is 465 Å². The fourth-order valence-electron chi connectivity index (χ4n) is 13.3. The lowest BCUT2D eigenvalue weighted by Gasteiger charge is -2.21. The molecule has 17 nitrogen and oxygen atoms in total. The first kappa shape index (κ1) is 103. The third-order valence-corrected chi connectivity index (χ3v) is 22.0. The molecule has 624 valence electrons. The van der Waals surface area contributed by atoms with Gasteiger partial charge in [-0.05, 0) is 49.4 Å². The second-order valence-electron chi connectivity index (χ2n) is 32.8. The average Bonchev–Trinajstić information content (AvgIpc) is 0.930. The summed E-state index contributed by atoms with van der Waals surface area (Å²) in [5, 5.41) is 10.7. The number of rotatable bonds is 83. The molecule has 0 heterocycles. The summed E-state index contributed by atoms with van der Waals surface area (Å²) in [4.78, 5) is 73.1. The summed E-state index contributed by atoms with van der Waals surface area (Å²) in [7, 11) is -9.93. The lowest BCUT2D eigenvalue weighted by molar-refractivity contribution is -0.161. The van der Waals surface area contributed by atoms with Gasteiger partial charge in [0.2, 0.25) is 0 Å². The number of aliphatic hydroxyl groups excluding tert-OH is 1. The first-order valence-corrected chi connectivity index (χ1v) is 47.2. The summed E-state index contributed by atoms with van der Waals surface area (Å²) in [6.45, 7) is 14.3. The molecule has 5 atom stereocenters. The van der Waals surface area contributed by atoms with Crippen molar-refractivity contribution >= 4 is 39.5 Å². The van der Waals surface area contributed by atoms with E-state index in [0.29, 0.717) is 31.6 Å². The van der Waals surface area contributed by atoms with E-state index in [1.54, 1.807) is 0 Å². The van der Waals surface area contributed by atoms with Crippen LogP contribution in [-0.2, 0) is 65.4 Å². The van der Waals surface area contributed by atoms with Gasteiger partial charge in [0.1, 0.15) is 19.3 Å². The van der Waals surface area contributed by atoms with Crippen LogP contribution in [0.15, 0.2) is 0 Å². The van der Waals surface area contributed by atoms with Crippen LogP contribution in [-0.4, -0.2) is 96.7 Å². The Kier molecular flexibility index (Phi) is 73.4. The summed E-state index contributed by atoms with van der Waals surface area (Å²) in [5.41, 5.74) is 0. The molecule has 0 fully saturated rings. The summed E-state index contributed by atoms with van der Waals surface area (Å²) in [5.74, 6) is 0.980. The zero-order valence-corrected chi connectivity index (χ0v) is 71.2. The van der Waals surface area contributed by atoms with Gasteiger partial charge in [-0.1, -0.05) is 396 Å². The van der Waals surface area contributed by atoms with Gasteiger partial charge in [0.15, 0.2) is 12.2 Å². The standard InChI is InChI=1S/C86H168O17P2/c1-76(2)62-54-46-38-32-26-21-17-13-9-11-15-19-23-29-36-42-52-60-68-85(90)102-81(72-96-83(88)66-58-50-41-35-31-25-28-34-40-48-56-64-78(5)6)74-100-104(92,93)98-70-80(87)71-99-105(94,95)101-75-82(73-97-84(89)67-59-51-45-44-49-57-65-79(7)8)103-86(91)69-61-53-43-37-30-24-20-16-12-10-14-18-22-27-33-39-47-55-63-77(3)4/h76-82,87H,9-75H2,1-8H3,(H,92,93)(H,94,95)/t80?,81-,82-/m1/s1. The maximum absolute atomic E-state index is 13.1. The minimum absolute atomic E-state index is 0.107. The van der Waals surface area contributed by atoms with Crippen LogP contribution in [0.4, 0.5) is 0 Å². The normalized spacial score (nSPS) is 13.9. The number of hydrogen-bond acceptors (Lipinski definition) is 15. The van der Waals surface area contributed by atoms with Crippen LogP contribution in [0.5, 0.6) is 0 Å². The van der Waals surface area contributed by atoms with Crippen molar-refractivity contribution in [1.82, 2.24) is 0 Å². The van der Waals surface area contributed by atoms with Gasteiger partial charge in [0.25, 0.3) is 0 Å². The van der Waals surface area contributed by atoms with Gasteiger partial charge >= 0.3 is 39.5 Å². The largest absolute Gasteiger partial charge is 0.472 e. The Balaban J connectivity index is 5.17. The summed E-state index contributed by atoms with van der Waals surface area (Å²) in [6, 6.07) is 0. The zero-order chi connectivity index (χ0) is 77.4. The van der Waals surface area contributed by atoms with Crippen molar-refractivity contribution in [3.8, 4) is 0 Å². The van der Waals surface area contributed by atoms with Crippen molar-refractivity contribution in [2.75, 3.05) is 39.6 Å². The number of phosphoric acid groups is 2. The van der Waals surface area contributed by atoms with Crippen LogP contribution in [0.1, 0.15) is 447 Å². The van der Waals surface area contributed by atoms with Crippen LogP contribution in [0, 0.1) is 23.7 Å². The fourth-order valence-corrected chi connectivity index (χ4v) is 14.9. The van der Waals surface area contributed by atoms with E-state index in [1.807, 2.05) is 0 Å². The Morgan fingerprint density at radius 3 is 0.590 bits per heavy atom. The van der Waals surface area contributed by atoms with Crippen LogP contribution >= 0.6 is 15.6 Å². The van der Waals surface area contributed by atoms with Crippen molar-refractivity contribution in [3.05, 3.63) is 0 Å². The molecule has 0 aromatic carbocycles. The number of aliphatic hydroxyl groups is 1. The van der Waals surface area contributed by atoms with Gasteiger partial charge in [0, 0.05) is 25.7 Å². The summed E-state index contributed by atoms with van der Waals surface area (Å²) in [6.07, 6.45) is 64.2. The van der Waals surface area contributed by atoms with E-state index in [9.17, 15) is 43.2 Å². The van der Waals surface area contributed by atoms with E-state index in [4.69, 9.17) is 37.0 Å². The van der Waals surface area contributed by atoms with Crippen LogP contribution in [0.3, 0.4) is 0 Å². The molecular weight excluding hydrogens is 1370 g/mol. The zero-order valence-electron chi connectivity index (χ0n) is 69.4. The van der Waals surface area contributed by atoms with Crippen LogP contribution < -0.4 is 0 Å². The van der Waals surface area contributed by atoms with Gasteiger partial charge in [-0.3, -0.25) is 37.3 Å². The number of phosphoric ester groups is 2. The predicted octanol–water partition coefficient (Wildman–Crippen LogP) is 25.9. The number of unbranched alkanes of at least 4 members (excludes halogenated alkanes) is 49. The van der Waals surface area contributed by atoms with Crippen LogP contribution in [0.2, 0.25) is 0 Å². The molecule has 0 aliphatic carbocycles. The van der Waals surface area contributed by atoms with E-state index in [2.05, 4.69) is 55.4 Å². The molecule has 0 spiro atoms. The molecule has 0 aliphatic rings. The highest BCUT2D eigenvalue weighted by atomic mass is 31.2. The highest BCUT2D eigenvalue weighted by Gasteiger charge is 2.30. The molecule has 105 heavy (non-hydrogen) atoms. The lowest BCUT2D eigenvalue weighted by Crippen LogP contribution is -2.30. The Morgan fingerprint density at radius 1 is 0.238 bits per heavy atom. The fraction of sp³-hybridized carbons (Fsp3) is 0.953. The van der Waals surface area contributed by atoms with E-state index >= 15 is 0 Å². The van der Waals surface area contributed by atoms with E-state index in [1.165, 1.54) is 244 Å². The highest BCUT2D eigenvalue weighted by Crippen LogP contribution is 2.45. The molecular formula is C86H168O17P2. The average molecular weight is 1540 g/mol. The molecule has 0 rings (SSSR count). The lowest BCUT2D eigenvalue weighted by atomic mass is 10.0. The number of esters is 4. The first-order valence-electron chi connectivity index (χ1n) is 44.2. The summed E-state index contributed by atoms with van der Waals surface area (Å²) < 4.78 is 68.8. The van der Waals surface area contributed by atoms with Crippen molar-refractivity contribution < 1.29 is 80.2 Å². The maximum atomic E-state index is 13.1. The van der Waals surface area contributed by atoms with Gasteiger partial charge in [-0.25, -0.2) is 9.13 Å². The van der Waals surface area contributed by atoms with Gasteiger partial charge in [-0.15, -0.1) is 0 Å². The Bertz CT molecular complexity index is 2040. The molecule has 3 N–H and O–H groups in total. The number of ether oxygens (including phenoxy) is 4. The number of carbonyl (C=O) groups is 4. The van der Waals surface area contributed by atoms with Gasteiger partial charge < -0.3 is 33.8 Å². The van der Waals surface area contributed by atoms with Gasteiger partial charge in [-0.2, -0.15) is 0 Å². The van der Waals surface area contributed by atoms with E-state index in [0.717, 1.165) is 114 Å². The van der Waals surface area contributed by atoms with E-state index < -0.39 is 97.5 Å². The van der Waals surface area contributed by atoms with Crippen molar-refractivity contribution in [2.24, 2.45) is 23.7 Å². The second kappa shape index (κ2) is 74.8. The minimum Gasteiger partial charge on any atom is -0.462 e. The molecule has 0 aromatic heterocycles. The second-order valence-corrected chi connectivity index (χ2v) is 35.7. The first-order chi connectivity index (χ1) is 50.6. The number of carbonyl (C=O) groups excluding carboxylic acids is 4. The van der Waals surface area contributed by atoms with Crippen molar-refractivity contribution in [1.29, 1.82) is 0 Å². The quantitative estimate of drug-likeness (QED) is 0.0222.